The molecule has 0 aromatic rings. The summed E-state index contributed by atoms with van der Waals surface area (Å²) in [6.45, 7) is 2.10. The molecule has 1 N–H and O–H groups in total. The molecule has 2 rings (SSSR count). The summed E-state index contributed by atoms with van der Waals surface area (Å²) in [5, 5.41) is 2.61. The van der Waals surface area contributed by atoms with E-state index in [0.717, 1.165) is 12.8 Å². The van der Waals surface area contributed by atoms with Crippen molar-refractivity contribution in [2.75, 3.05) is 6.61 Å². The van der Waals surface area contributed by atoms with Gasteiger partial charge in [0.25, 0.3) is 5.91 Å². The molecular formula is C9H12N2O3. The number of amides is 1. The van der Waals surface area contributed by atoms with Crippen LogP contribution in [0.5, 0.6) is 0 Å². The second kappa shape index (κ2) is 3.08. The van der Waals surface area contributed by atoms with Crippen molar-refractivity contribution < 1.29 is 14.3 Å². The molecule has 1 aliphatic heterocycles. The van der Waals surface area contributed by atoms with Gasteiger partial charge in [-0.2, -0.15) is 0 Å². The van der Waals surface area contributed by atoms with Crippen LogP contribution < -0.4 is 5.32 Å². The van der Waals surface area contributed by atoms with Crippen LogP contribution in [-0.2, 0) is 14.3 Å². The molecule has 0 aromatic heterocycles. The molecule has 0 unspecified atom stereocenters. The van der Waals surface area contributed by atoms with E-state index in [2.05, 4.69) is 10.3 Å². The zero-order valence-corrected chi connectivity index (χ0v) is 8.00. The summed E-state index contributed by atoms with van der Waals surface area (Å²) in [5.41, 5.74) is -0.512. The van der Waals surface area contributed by atoms with Gasteiger partial charge in [0, 0.05) is 0 Å². The first-order valence-corrected chi connectivity index (χ1v) is 4.72. The Hall–Kier alpha value is -1.39. The van der Waals surface area contributed by atoms with Gasteiger partial charge in [-0.05, 0) is 19.8 Å². The van der Waals surface area contributed by atoms with Gasteiger partial charge < -0.3 is 10.1 Å². The number of nitrogens with one attached hydrogen (secondary N) is 1. The van der Waals surface area contributed by atoms with E-state index in [1.54, 1.807) is 6.92 Å². The van der Waals surface area contributed by atoms with Crippen LogP contribution in [0.15, 0.2) is 4.99 Å². The molecule has 5 nitrogen and oxygen atoms in total. The molecule has 0 radical (unpaired) electrons. The van der Waals surface area contributed by atoms with Crippen LogP contribution in [-0.4, -0.2) is 29.9 Å². The van der Waals surface area contributed by atoms with Crippen molar-refractivity contribution in [1.29, 1.82) is 0 Å². The maximum Gasteiger partial charge on any atom is 0.313 e. The van der Waals surface area contributed by atoms with Crippen LogP contribution >= 0.6 is 0 Å². The number of esters is 1. The lowest BCUT2D eigenvalue weighted by Gasteiger charge is -2.00. The number of hydrogen-bond acceptors (Lipinski definition) is 4. The largest absolute Gasteiger partial charge is 0.466 e. The minimum atomic E-state index is -0.512. The Kier molecular flexibility index (Phi) is 2.02. The summed E-state index contributed by atoms with van der Waals surface area (Å²) in [6, 6.07) is 0. The average molecular weight is 196 g/mol. The number of carbonyl (C=O) groups excluding carboxylic acids is 2. The zero-order chi connectivity index (χ0) is 10.2. The molecule has 1 amide bonds. The van der Waals surface area contributed by atoms with Gasteiger partial charge in [-0.1, -0.05) is 0 Å². The second-order valence-electron chi connectivity index (χ2n) is 3.53. The highest BCUT2D eigenvalue weighted by Crippen LogP contribution is 2.42. The van der Waals surface area contributed by atoms with Crippen molar-refractivity contribution in [3.63, 3.8) is 0 Å². The number of hydrogen-bond donors (Lipinski definition) is 1. The number of ether oxygens (including phenoxy) is 1. The third-order valence-electron chi connectivity index (χ3n) is 2.37. The number of nitrogens with zero attached hydrogens (tertiary/aromatic N) is 1. The van der Waals surface area contributed by atoms with Crippen molar-refractivity contribution >= 4 is 17.7 Å². The second-order valence-corrected chi connectivity index (χ2v) is 3.53. The molecule has 1 aliphatic carbocycles. The van der Waals surface area contributed by atoms with Gasteiger partial charge in [0.15, 0.2) is 0 Å². The van der Waals surface area contributed by atoms with Crippen LogP contribution in [0.25, 0.3) is 0 Å². The highest BCUT2D eigenvalue weighted by atomic mass is 16.5. The van der Waals surface area contributed by atoms with Gasteiger partial charge in [0.1, 0.15) is 17.8 Å². The fraction of sp³-hybridized carbons (Fsp3) is 0.667. The summed E-state index contributed by atoms with van der Waals surface area (Å²) in [6.07, 6.45) is 1.66. The Morgan fingerprint density at radius 3 is 2.86 bits per heavy atom. The van der Waals surface area contributed by atoms with E-state index in [4.69, 9.17) is 4.74 Å². The van der Waals surface area contributed by atoms with E-state index in [9.17, 15) is 9.59 Å². The Labute approximate surface area is 81.5 Å². The van der Waals surface area contributed by atoms with Crippen LogP contribution in [0.1, 0.15) is 26.2 Å². The molecular weight excluding hydrogens is 184 g/mol. The monoisotopic (exact) mass is 196 g/mol. The van der Waals surface area contributed by atoms with Crippen LogP contribution in [0.4, 0.5) is 0 Å². The summed E-state index contributed by atoms with van der Waals surface area (Å²) in [7, 11) is 0. The molecule has 0 atom stereocenters. The van der Waals surface area contributed by atoms with Crippen LogP contribution in [0.2, 0.25) is 0 Å². The topological polar surface area (TPSA) is 67.8 Å². The molecule has 5 heteroatoms. The maximum absolute atomic E-state index is 11.3. The summed E-state index contributed by atoms with van der Waals surface area (Å²) < 4.78 is 4.76. The Bertz CT molecular complexity index is 318. The van der Waals surface area contributed by atoms with Gasteiger partial charge in [-0.3, -0.25) is 14.6 Å². The molecule has 0 aromatic carbocycles. The first-order valence-electron chi connectivity index (χ1n) is 4.72. The first kappa shape index (κ1) is 9.18. The highest BCUT2D eigenvalue weighted by Gasteiger charge is 2.53. The van der Waals surface area contributed by atoms with Crippen molar-refractivity contribution in [1.82, 2.24) is 5.32 Å². The standard InChI is InChI=1S/C9H12N2O3/c1-2-14-7(12)5-6-10-8(13)9(11-6)3-4-9/h2-5H2,1H3,(H,10,11,13). The lowest BCUT2D eigenvalue weighted by Crippen LogP contribution is -2.30. The van der Waals surface area contributed by atoms with Gasteiger partial charge in [-0.15, -0.1) is 0 Å². The predicted molar refractivity (Wildman–Crippen MR) is 48.8 cm³/mol. The molecule has 1 heterocycles. The fourth-order valence-corrected chi connectivity index (χ4v) is 1.47. The van der Waals surface area contributed by atoms with E-state index in [1.807, 2.05) is 0 Å². The summed E-state index contributed by atoms with van der Waals surface area (Å²) in [4.78, 5) is 26.6. The highest BCUT2D eigenvalue weighted by molar-refractivity contribution is 6.13. The number of rotatable bonds is 3. The Balaban J connectivity index is 1.94. The SMILES string of the molecule is CCOC(=O)CC1=NC2(CC2)C(=O)N1. The van der Waals surface area contributed by atoms with Gasteiger partial charge in [0.05, 0.1) is 6.61 Å². The molecule has 14 heavy (non-hydrogen) atoms. The van der Waals surface area contributed by atoms with E-state index in [1.165, 1.54) is 0 Å². The average Bonchev–Trinajstić information content (AvgIpc) is 2.79. The normalized spacial score (nSPS) is 21.8. The van der Waals surface area contributed by atoms with E-state index in [0.29, 0.717) is 12.4 Å². The van der Waals surface area contributed by atoms with Crippen molar-refractivity contribution in [2.24, 2.45) is 4.99 Å². The third-order valence-corrected chi connectivity index (χ3v) is 2.37. The smallest absolute Gasteiger partial charge is 0.313 e. The minimum Gasteiger partial charge on any atom is -0.466 e. The van der Waals surface area contributed by atoms with Crippen LogP contribution in [0, 0.1) is 0 Å². The van der Waals surface area contributed by atoms with Gasteiger partial charge in [0.2, 0.25) is 0 Å². The Morgan fingerprint density at radius 1 is 1.64 bits per heavy atom. The molecule has 2 aliphatic rings. The summed E-state index contributed by atoms with van der Waals surface area (Å²) >= 11 is 0. The fourth-order valence-electron chi connectivity index (χ4n) is 1.47. The van der Waals surface area contributed by atoms with Gasteiger partial charge >= 0.3 is 5.97 Å². The molecule has 1 saturated carbocycles. The zero-order valence-electron chi connectivity index (χ0n) is 8.00. The number of amidine groups is 1. The molecule has 0 bridgehead atoms. The van der Waals surface area contributed by atoms with Gasteiger partial charge in [-0.25, -0.2) is 0 Å². The summed E-state index contributed by atoms with van der Waals surface area (Å²) in [5.74, 6) is 0.0343. The van der Waals surface area contributed by atoms with Crippen molar-refractivity contribution in [3.8, 4) is 0 Å². The van der Waals surface area contributed by atoms with E-state index < -0.39 is 5.54 Å². The quantitative estimate of drug-likeness (QED) is 0.646. The van der Waals surface area contributed by atoms with Crippen molar-refractivity contribution in [3.05, 3.63) is 0 Å². The molecule has 0 saturated heterocycles. The number of carbonyl (C=O) groups is 2. The maximum atomic E-state index is 11.3. The predicted octanol–water partition coefficient (Wildman–Crippen LogP) is 0.000500. The third kappa shape index (κ3) is 1.49. The lowest BCUT2D eigenvalue weighted by molar-refractivity contribution is -0.141. The minimum absolute atomic E-state index is 0.0708. The van der Waals surface area contributed by atoms with E-state index >= 15 is 0 Å². The Morgan fingerprint density at radius 2 is 2.36 bits per heavy atom. The lowest BCUT2D eigenvalue weighted by atomic mass is 10.3. The van der Waals surface area contributed by atoms with E-state index in [-0.39, 0.29) is 18.3 Å². The number of aliphatic imine (C=N–C) groups is 1. The van der Waals surface area contributed by atoms with Crippen LogP contribution in [0.3, 0.4) is 0 Å². The van der Waals surface area contributed by atoms with Crippen molar-refractivity contribution in [2.45, 2.75) is 31.7 Å². The molecule has 76 valence electrons. The molecule has 1 spiro atoms. The first-order chi connectivity index (χ1) is 6.66. The molecule has 1 fully saturated rings.